The van der Waals surface area contributed by atoms with Crippen molar-refractivity contribution in [2.45, 2.75) is 113 Å². The lowest BCUT2D eigenvalue weighted by molar-refractivity contribution is -0.443. The van der Waals surface area contributed by atoms with Gasteiger partial charge in [-0.05, 0) is 55.6 Å². The van der Waals surface area contributed by atoms with Crippen LogP contribution in [-0.4, -0.2) is 35.8 Å². The van der Waals surface area contributed by atoms with E-state index >= 15 is 0 Å². The SMILES string of the molecule is CCCCCCCc1ccc(C2CCC(C(F)(F)C(F)(F)C(F)(F)C(F)(F)C(F)(F)C(F)(F)F)CC2)cc1. The number of alkyl halides is 13. The van der Waals surface area contributed by atoms with Crippen LogP contribution in [0.4, 0.5) is 57.1 Å². The third-order valence-corrected chi connectivity index (χ3v) is 7.22. The summed E-state index contributed by atoms with van der Waals surface area (Å²) in [5.41, 5.74) is 1.68. The van der Waals surface area contributed by atoms with Crippen molar-refractivity contribution < 1.29 is 57.1 Å². The normalized spacial score (nSPS) is 20.6. The quantitative estimate of drug-likeness (QED) is 0.172. The standard InChI is InChI=1S/C25H29F13/c1-2-3-4-5-6-7-16-8-10-17(11-9-16)18-12-14-19(15-13-18)20(26,27)21(28,29)22(30,31)23(32,33)24(34,35)25(36,37)38/h8-11,18-19H,2-7,12-15H2,1H3. The van der Waals surface area contributed by atoms with Crippen LogP contribution in [0.25, 0.3) is 0 Å². The van der Waals surface area contributed by atoms with Gasteiger partial charge in [-0.1, -0.05) is 56.9 Å². The Morgan fingerprint density at radius 1 is 0.579 bits per heavy atom. The van der Waals surface area contributed by atoms with Crippen molar-refractivity contribution in [1.82, 2.24) is 0 Å². The molecular formula is C25H29F13. The summed E-state index contributed by atoms with van der Waals surface area (Å²) in [6.07, 6.45) is -3.40. The van der Waals surface area contributed by atoms with Gasteiger partial charge in [-0.2, -0.15) is 57.1 Å². The molecule has 0 nitrogen and oxygen atoms in total. The van der Waals surface area contributed by atoms with Gasteiger partial charge in [0.25, 0.3) is 0 Å². The molecule has 2 rings (SSSR count). The highest BCUT2D eigenvalue weighted by Gasteiger charge is 2.91. The Bertz CT molecular complexity index is 880. The van der Waals surface area contributed by atoms with E-state index in [0.29, 0.717) is 5.56 Å². The molecule has 0 atom stereocenters. The second kappa shape index (κ2) is 11.4. The monoisotopic (exact) mass is 576 g/mol. The highest BCUT2D eigenvalue weighted by atomic mass is 19.4. The molecule has 220 valence electrons. The summed E-state index contributed by atoms with van der Waals surface area (Å²) in [6.45, 7) is 2.09. The Morgan fingerprint density at radius 3 is 1.53 bits per heavy atom. The zero-order chi connectivity index (χ0) is 29.2. The van der Waals surface area contributed by atoms with Crippen LogP contribution in [-0.2, 0) is 6.42 Å². The van der Waals surface area contributed by atoms with E-state index < -0.39 is 60.5 Å². The lowest BCUT2D eigenvalue weighted by Gasteiger charge is -2.43. The van der Waals surface area contributed by atoms with Gasteiger partial charge >= 0.3 is 35.8 Å². The number of hydrogen-bond donors (Lipinski definition) is 0. The van der Waals surface area contributed by atoms with E-state index in [4.69, 9.17) is 0 Å². The molecule has 0 heterocycles. The average Bonchev–Trinajstić information content (AvgIpc) is 2.83. The molecule has 1 aliphatic carbocycles. The molecule has 1 aromatic rings. The largest absolute Gasteiger partial charge is 0.460 e. The molecule has 0 spiro atoms. The highest BCUT2D eigenvalue weighted by Crippen LogP contribution is 2.62. The van der Waals surface area contributed by atoms with Gasteiger partial charge in [-0.3, -0.25) is 0 Å². The van der Waals surface area contributed by atoms with E-state index in [9.17, 15) is 57.1 Å². The summed E-state index contributed by atoms with van der Waals surface area (Å²) >= 11 is 0. The van der Waals surface area contributed by atoms with Gasteiger partial charge in [0, 0.05) is 5.92 Å². The van der Waals surface area contributed by atoms with Gasteiger partial charge in [0.15, 0.2) is 0 Å². The fourth-order valence-electron chi connectivity index (χ4n) is 4.72. The van der Waals surface area contributed by atoms with Gasteiger partial charge < -0.3 is 0 Å². The Kier molecular flexibility index (Phi) is 9.78. The Morgan fingerprint density at radius 2 is 1.05 bits per heavy atom. The fourth-order valence-corrected chi connectivity index (χ4v) is 4.72. The van der Waals surface area contributed by atoms with Crippen molar-refractivity contribution in [1.29, 1.82) is 0 Å². The number of halogens is 13. The maximum Gasteiger partial charge on any atom is 0.460 e. The van der Waals surface area contributed by atoms with Gasteiger partial charge in [0.2, 0.25) is 0 Å². The lowest BCUT2D eigenvalue weighted by Crippen LogP contribution is -2.71. The van der Waals surface area contributed by atoms with Crippen LogP contribution < -0.4 is 0 Å². The van der Waals surface area contributed by atoms with Crippen LogP contribution in [0.15, 0.2) is 24.3 Å². The van der Waals surface area contributed by atoms with Crippen molar-refractivity contribution in [2.75, 3.05) is 0 Å². The van der Waals surface area contributed by atoms with Crippen LogP contribution in [0, 0.1) is 5.92 Å². The zero-order valence-electron chi connectivity index (χ0n) is 20.4. The summed E-state index contributed by atoms with van der Waals surface area (Å²) in [5, 5.41) is 0. The lowest BCUT2D eigenvalue weighted by atomic mass is 9.74. The minimum atomic E-state index is -7.85. The van der Waals surface area contributed by atoms with Crippen molar-refractivity contribution in [2.24, 2.45) is 5.92 Å². The maximum atomic E-state index is 14.5. The first-order valence-electron chi connectivity index (χ1n) is 12.3. The fraction of sp³-hybridized carbons (Fsp3) is 0.760. The molecule has 0 radical (unpaired) electrons. The molecular weight excluding hydrogens is 547 g/mol. The third kappa shape index (κ3) is 5.90. The number of hydrogen-bond acceptors (Lipinski definition) is 0. The van der Waals surface area contributed by atoms with E-state index in [2.05, 4.69) is 6.92 Å². The highest BCUT2D eigenvalue weighted by molar-refractivity contribution is 5.26. The van der Waals surface area contributed by atoms with Crippen molar-refractivity contribution in [3.8, 4) is 0 Å². The minimum absolute atomic E-state index is 0.229. The van der Waals surface area contributed by atoms with E-state index in [1.807, 2.05) is 12.1 Å². The summed E-state index contributed by atoms with van der Waals surface area (Å²) in [5.74, 6) is -39.5. The molecule has 1 aromatic carbocycles. The molecule has 1 aliphatic rings. The molecule has 38 heavy (non-hydrogen) atoms. The molecule has 0 N–H and O–H groups in total. The Hall–Kier alpha value is -1.69. The number of unbranched alkanes of at least 4 members (excludes halogenated alkanes) is 4. The first-order valence-corrected chi connectivity index (χ1v) is 12.3. The van der Waals surface area contributed by atoms with Crippen LogP contribution in [0.2, 0.25) is 0 Å². The number of benzene rings is 1. The summed E-state index contributed by atoms with van der Waals surface area (Å²) < 4.78 is 175. The molecule has 1 fully saturated rings. The van der Waals surface area contributed by atoms with Crippen LogP contribution in [0.1, 0.15) is 81.8 Å². The summed E-state index contributed by atoms with van der Waals surface area (Å²) in [7, 11) is 0. The predicted molar refractivity (Wildman–Crippen MR) is 114 cm³/mol. The van der Waals surface area contributed by atoms with Crippen LogP contribution in [0.5, 0.6) is 0 Å². The molecule has 0 bridgehead atoms. The predicted octanol–water partition coefficient (Wildman–Crippen LogP) is 10.2. The van der Waals surface area contributed by atoms with E-state index in [1.54, 1.807) is 12.1 Å². The van der Waals surface area contributed by atoms with E-state index in [-0.39, 0.29) is 12.8 Å². The molecule has 0 aliphatic heterocycles. The maximum absolute atomic E-state index is 14.5. The summed E-state index contributed by atoms with van der Waals surface area (Å²) in [6, 6.07) is 7.06. The topological polar surface area (TPSA) is 0 Å². The minimum Gasteiger partial charge on any atom is -0.199 e. The van der Waals surface area contributed by atoms with Crippen molar-refractivity contribution >= 4 is 0 Å². The van der Waals surface area contributed by atoms with Crippen molar-refractivity contribution in [3.63, 3.8) is 0 Å². The Labute approximate surface area is 212 Å². The summed E-state index contributed by atoms with van der Waals surface area (Å²) in [4.78, 5) is 0. The second-order valence-electron chi connectivity index (χ2n) is 9.87. The van der Waals surface area contributed by atoms with Crippen LogP contribution in [0.3, 0.4) is 0 Å². The number of aryl methyl sites for hydroxylation is 1. The van der Waals surface area contributed by atoms with Gasteiger partial charge in [-0.25, -0.2) is 0 Å². The van der Waals surface area contributed by atoms with E-state index in [1.165, 1.54) is 0 Å². The number of rotatable bonds is 12. The zero-order valence-corrected chi connectivity index (χ0v) is 20.4. The average molecular weight is 576 g/mol. The van der Waals surface area contributed by atoms with E-state index in [0.717, 1.165) is 44.1 Å². The molecule has 0 aromatic heterocycles. The Balaban J connectivity index is 2.10. The third-order valence-electron chi connectivity index (χ3n) is 7.22. The van der Waals surface area contributed by atoms with Gasteiger partial charge in [0.05, 0.1) is 0 Å². The van der Waals surface area contributed by atoms with Crippen LogP contribution >= 0.6 is 0 Å². The first kappa shape index (κ1) is 32.5. The molecule has 0 unspecified atom stereocenters. The second-order valence-corrected chi connectivity index (χ2v) is 9.87. The van der Waals surface area contributed by atoms with Gasteiger partial charge in [0.1, 0.15) is 0 Å². The molecule has 13 heteroatoms. The van der Waals surface area contributed by atoms with Gasteiger partial charge in [-0.15, -0.1) is 0 Å². The smallest absolute Gasteiger partial charge is 0.199 e. The van der Waals surface area contributed by atoms with Crippen molar-refractivity contribution in [3.05, 3.63) is 35.4 Å². The first-order chi connectivity index (χ1) is 17.3. The molecule has 1 saturated carbocycles. The molecule has 0 saturated heterocycles. The molecule has 0 amide bonds.